The quantitative estimate of drug-likeness (QED) is 0.824. The van der Waals surface area contributed by atoms with Crippen LogP contribution in [0.3, 0.4) is 0 Å². The number of nitrogens with zero attached hydrogens (tertiary/aromatic N) is 2. The molecular weight excluding hydrogens is 270 g/mol. The third-order valence-electron chi connectivity index (χ3n) is 3.40. The summed E-state index contributed by atoms with van der Waals surface area (Å²) < 4.78 is 0. The summed E-state index contributed by atoms with van der Waals surface area (Å²) in [6.07, 6.45) is 3.75. The number of aromatic nitrogens is 1. The molecule has 1 aromatic rings. The largest absolute Gasteiger partial charge is 0.481 e. The number of carboxylic acids is 1. The molecule has 6 heteroatoms. The highest BCUT2D eigenvalue weighted by Crippen LogP contribution is 2.18. The monoisotopic (exact) mass is 289 g/mol. The lowest BCUT2D eigenvalue weighted by Gasteiger charge is -2.20. The van der Waals surface area contributed by atoms with Crippen LogP contribution in [0.2, 0.25) is 0 Å². The molecule has 0 saturated heterocycles. The number of hydrogen-bond acceptors (Lipinski definition) is 3. The maximum atomic E-state index is 12.1. The number of hydrogen-bond donors (Lipinski definition) is 2. The normalized spacial score (nSPS) is 20.3. The van der Waals surface area contributed by atoms with Gasteiger partial charge in [-0.2, -0.15) is 0 Å². The van der Waals surface area contributed by atoms with E-state index in [1.807, 2.05) is 25.1 Å². The smallest absolute Gasteiger partial charge is 0.317 e. The average Bonchev–Trinajstić information content (AvgIpc) is 2.87. The van der Waals surface area contributed by atoms with Crippen LogP contribution in [0.5, 0.6) is 0 Å². The summed E-state index contributed by atoms with van der Waals surface area (Å²) in [6.45, 7) is 2.31. The van der Waals surface area contributed by atoms with E-state index in [-0.39, 0.29) is 12.1 Å². The average molecular weight is 289 g/mol. The molecule has 1 aliphatic carbocycles. The number of carbonyl (C=O) groups is 2. The molecule has 6 nitrogen and oxygen atoms in total. The van der Waals surface area contributed by atoms with Crippen LogP contribution < -0.4 is 5.32 Å². The van der Waals surface area contributed by atoms with Crippen molar-refractivity contribution in [1.82, 2.24) is 15.2 Å². The van der Waals surface area contributed by atoms with Crippen LogP contribution in [0.15, 0.2) is 30.4 Å². The molecule has 0 spiro atoms. The first kappa shape index (κ1) is 15.0. The molecule has 1 aliphatic rings. The standard InChI is InChI=1S/C15H19N3O3/c1-10-4-3-5-13(16-10)9-18(2)15(21)17-12-7-6-11(8-12)14(19)20/h3-7,11-12H,8-9H2,1-2H3,(H,17,21)(H,19,20). The van der Waals surface area contributed by atoms with Crippen molar-refractivity contribution in [2.45, 2.75) is 25.9 Å². The number of aliphatic carboxylic acids is 1. The Hall–Kier alpha value is -2.37. The van der Waals surface area contributed by atoms with Gasteiger partial charge in [-0.1, -0.05) is 18.2 Å². The van der Waals surface area contributed by atoms with Crippen LogP contribution in [-0.4, -0.2) is 40.1 Å². The van der Waals surface area contributed by atoms with Crippen molar-refractivity contribution in [3.63, 3.8) is 0 Å². The van der Waals surface area contributed by atoms with Gasteiger partial charge in [0.05, 0.1) is 24.2 Å². The van der Waals surface area contributed by atoms with Crippen molar-refractivity contribution in [1.29, 1.82) is 0 Å². The minimum atomic E-state index is -0.861. The van der Waals surface area contributed by atoms with Gasteiger partial charge in [-0.25, -0.2) is 4.79 Å². The van der Waals surface area contributed by atoms with Gasteiger partial charge in [0, 0.05) is 12.7 Å². The Bertz CT molecular complexity index is 571. The Morgan fingerprint density at radius 3 is 2.81 bits per heavy atom. The molecule has 1 aromatic heterocycles. The van der Waals surface area contributed by atoms with Crippen LogP contribution in [0, 0.1) is 12.8 Å². The summed E-state index contributed by atoms with van der Waals surface area (Å²) in [5.74, 6) is -1.38. The van der Waals surface area contributed by atoms with Crippen molar-refractivity contribution in [2.75, 3.05) is 7.05 Å². The molecule has 2 rings (SSSR count). The van der Waals surface area contributed by atoms with Crippen molar-refractivity contribution in [3.05, 3.63) is 41.7 Å². The van der Waals surface area contributed by atoms with E-state index in [9.17, 15) is 9.59 Å². The molecule has 21 heavy (non-hydrogen) atoms. The van der Waals surface area contributed by atoms with Gasteiger partial charge in [-0.3, -0.25) is 9.78 Å². The zero-order valence-electron chi connectivity index (χ0n) is 12.1. The molecule has 2 atom stereocenters. The van der Waals surface area contributed by atoms with Gasteiger partial charge in [0.2, 0.25) is 0 Å². The molecule has 0 bridgehead atoms. The first-order valence-corrected chi connectivity index (χ1v) is 6.81. The Balaban J connectivity index is 1.86. The van der Waals surface area contributed by atoms with Crippen molar-refractivity contribution in [3.8, 4) is 0 Å². The lowest BCUT2D eigenvalue weighted by molar-refractivity contribution is -0.140. The molecule has 2 unspecified atom stereocenters. The molecule has 2 N–H and O–H groups in total. The van der Waals surface area contributed by atoms with Crippen LogP contribution in [0.4, 0.5) is 4.79 Å². The van der Waals surface area contributed by atoms with Gasteiger partial charge < -0.3 is 15.3 Å². The van der Waals surface area contributed by atoms with Gasteiger partial charge in [0.1, 0.15) is 0 Å². The van der Waals surface area contributed by atoms with Crippen LogP contribution in [0.1, 0.15) is 17.8 Å². The molecule has 0 radical (unpaired) electrons. The Kier molecular flexibility index (Phi) is 4.57. The fraction of sp³-hybridized carbons (Fsp3) is 0.400. The molecule has 0 aliphatic heterocycles. The second-order valence-corrected chi connectivity index (χ2v) is 5.25. The Morgan fingerprint density at radius 1 is 1.43 bits per heavy atom. The summed E-state index contributed by atoms with van der Waals surface area (Å²) >= 11 is 0. The van der Waals surface area contributed by atoms with Gasteiger partial charge in [0.15, 0.2) is 0 Å². The highest BCUT2D eigenvalue weighted by Gasteiger charge is 2.26. The maximum absolute atomic E-state index is 12.1. The van der Waals surface area contributed by atoms with E-state index in [0.29, 0.717) is 13.0 Å². The van der Waals surface area contributed by atoms with Gasteiger partial charge in [-0.05, 0) is 25.5 Å². The van der Waals surface area contributed by atoms with Crippen molar-refractivity contribution < 1.29 is 14.7 Å². The number of pyridine rings is 1. The molecule has 0 fully saturated rings. The zero-order chi connectivity index (χ0) is 15.4. The van der Waals surface area contributed by atoms with E-state index in [2.05, 4.69) is 10.3 Å². The Morgan fingerprint density at radius 2 is 2.19 bits per heavy atom. The number of urea groups is 1. The summed E-state index contributed by atoms with van der Waals surface area (Å²) in [7, 11) is 1.69. The van der Waals surface area contributed by atoms with E-state index >= 15 is 0 Å². The SMILES string of the molecule is Cc1cccc(CN(C)C(=O)NC2C=CC(C(=O)O)C2)n1. The highest BCUT2D eigenvalue weighted by molar-refractivity contribution is 5.76. The summed E-state index contributed by atoms with van der Waals surface area (Å²) in [4.78, 5) is 28.8. The van der Waals surface area contributed by atoms with E-state index in [1.54, 1.807) is 19.2 Å². The zero-order valence-corrected chi connectivity index (χ0v) is 12.1. The number of carbonyl (C=O) groups excluding carboxylic acids is 1. The predicted molar refractivity (Wildman–Crippen MR) is 77.6 cm³/mol. The van der Waals surface area contributed by atoms with Crippen LogP contribution in [0.25, 0.3) is 0 Å². The van der Waals surface area contributed by atoms with Gasteiger partial charge in [-0.15, -0.1) is 0 Å². The van der Waals surface area contributed by atoms with Gasteiger partial charge in [0.25, 0.3) is 0 Å². The van der Waals surface area contributed by atoms with E-state index in [0.717, 1.165) is 11.4 Å². The summed E-state index contributed by atoms with van der Waals surface area (Å²) in [6, 6.07) is 5.21. The highest BCUT2D eigenvalue weighted by atomic mass is 16.4. The number of rotatable bonds is 4. The van der Waals surface area contributed by atoms with Crippen LogP contribution >= 0.6 is 0 Å². The topological polar surface area (TPSA) is 82.5 Å². The maximum Gasteiger partial charge on any atom is 0.317 e. The third-order valence-corrected chi connectivity index (χ3v) is 3.40. The van der Waals surface area contributed by atoms with Gasteiger partial charge >= 0.3 is 12.0 Å². The van der Waals surface area contributed by atoms with Crippen molar-refractivity contribution >= 4 is 12.0 Å². The molecule has 1 heterocycles. The fourth-order valence-electron chi connectivity index (χ4n) is 2.26. The Labute approximate surface area is 123 Å². The second-order valence-electron chi connectivity index (χ2n) is 5.25. The molecule has 2 amide bonds. The number of nitrogens with one attached hydrogen (secondary N) is 1. The lowest BCUT2D eigenvalue weighted by atomic mass is 10.1. The molecule has 112 valence electrons. The molecule has 0 saturated carbocycles. The summed E-state index contributed by atoms with van der Waals surface area (Å²) in [5.41, 5.74) is 1.72. The first-order chi connectivity index (χ1) is 9.95. The number of carboxylic acid groups (broad SMARTS) is 1. The second kappa shape index (κ2) is 6.39. The van der Waals surface area contributed by atoms with Crippen molar-refractivity contribution in [2.24, 2.45) is 5.92 Å². The first-order valence-electron chi connectivity index (χ1n) is 6.81. The van der Waals surface area contributed by atoms with E-state index in [1.165, 1.54) is 4.90 Å². The number of amides is 2. The summed E-state index contributed by atoms with van der Waals surface area (Å²) in [5, 5.41) is 11.7. The van der Waals surface area contributed by atoms with E-state index < -0.39 is 11.9 Å². The number of aryl methyl sites for hydroxylation is 1. The minimum absolute atomic E-state index is 0.230. The minimum Gasteiger partial charge on any atom is -0.481 e. The lowest BCUT2D eigenvalue weighted by Crippen LogP contribution is -2.42. The van der Waals surface area contributed by atoms with Crippen LogP contribution in [-0.2, 0) is 11.3 Å². The third kappa shape index (κ3) is 4.05. The molecule has 0 aromatic carbocycles. The van der Waals surface area contributed by atoms with E-state index in [4.69, 9.17) is 5.11 Å². The predicted octanol–water partition coefficient (Wildman–Crippen LogP) is 1.56. The fourth-order valence-corrected chi connectivity index (χ4v) is 2.26. The molecular formula is C15H19N3O3.